The summed E-state index contributed by atoms with van der Waals surface area (Å²) in [4.78, 5) is 1.37. The number of tetrazole rings is 1. The first kappa shape index (κ1) is 27.6. The van der Waals surface area contributed by atoms with Crippen molar-refractivity contribution in [2.75, 3.05) is 39.3 Å². The highest BCUT2D eigenvalue weighted by Crippen LogP contribution is 2.43. The van der Waals surface area contributed by atoms with Crippen LogP contribution < -0.4 is 10.5 Å². The summed E-state index contributed by atoms with van der Waals surface area (Å²) in [6, 6.07) is 9.35. The molecule has 0 amide bonds. The number of primary sulfonamides is 1. The fourth-order valence-corrected chi connectivity index (χ4v) is 6.36. The third kappa shape index (κ3) is 6.30. The van der Waals surface area contributed by atoms with E-state index in [1.165, 1.54) is 6.07 Å². The maximum Gasteiger partial charge on any atom is 0.417 e. The first-order valence-corrected chi connectivity index (χ1v) is 14.3. The third-order valence-electron chi connectivity index (χ3n) is 7.37. The van der Waals surface area contributed by atoms with Gasteiger partial charge in [-0.3, -0.25) is 0 Å². The lowest BCUT2D eigenvalue weighted by Gasteiger charge is -2.33. The fraction of sp³-hybridized carbons (Fsp3) is 0.480. The topological polar surface area (TPSA) is 139 Å². The summed E-state index contributed by atoms with van der Waals surface area (Å²) >= 11 is 0. The van der Waals surface area contributed by atoms with Crippen LogP contribution in [-0.4, -0.2) is 79.4 Å². The lowest BCUT2D eigenvalue weighted by Crippen LogP contribution is -2.41. The van der Waals surface area contributed by atoms with Crippen LogP contribution in [0.4, 0.5) is 13.2 Å². The molecule has 1 atom stereocenters. The number of alkyl halides is 3. The average Bonchev–Trinajstić information content (AvgIpc) is 3.46. The minimum absolute atomic E-state index is 0.203. The molecule has 2 fully saturated rings. The van der Waals surface area contributed by atoms with Crippen LogP contribution in [0.3, 0.4) is 0 Å². The number of nitrogens with one attached hydrogen (secondary N) is 2. The van der Waals surface area contributed by atoms with Gasteiger partial charge in [-0.05, 0) is 66.2 Å². The van der Waals surface area contributed by atoms with Crippen LogP contribution in [0.1, 0.15) is 36.3 Å². The molecule has 2 aromatic carbocycles. The SMILES string of the molecule is NS(=O)(=O)c1c(C(F)(F)F)ccc(-c2ccc(C3CCN(CC[C@@H]4CNCCO4)CC3)cc2)c1-c1nn[nH]n1. The Labute approximate surface area is 224 Å². The van der Waals surface area contributed by atoms with Gasteiger partial charge in [0.15, 0.2) is 0 Å². The predicted molar refractivity (Wildman–Crippen MR) is 137 cm³/mol. The van der Waals surface area contributed by atoms with Crippen molar-refractivity contribution >= 4 is 10.0 Å². The summed E-state index contributed by atoms with van der Waals surface area (Å²) in [5, 5.41) is 21.7. The second kappa shape index (κ2) is 11.3. The molecule has 14 heteroatoms. The molecule has 0 aliphatic carbocycles. The Balaban J connectivity index is 1.36. The Morgan fingerprint density at radius 3 is 2.44 bits per heavy atom. The highest BCUT2D eigenvalue weighted by molar-refractivity contribution is 7.89. The third-order valence-corrected chi connectivity index (χ3v) is 8.36. The zero-order chi connectivity index (χ0) is 27.6. The molecule has 2 aliphatic heterocycles. The van der Waals surface area contributed by atoms with Crippen molar-refractivity contribution in [3.05, 3.63) is 47.5 Å². The average molecular weight is 566 g/mol. The number of benzene rings is 2. The van der Waals surface area contributed by atoms with Gasteiger partial charge in [-0.25, -0.2) is 13.6 Å². The minimum Gasteiger partial charge on any atom is -0.376 e. The molecular weight excluding hydrogens is 535 g/mol. The Morgan fingerprint density at radius 1 is 1.10 bits per heavy atom. The first-order valence-electron chi connectivity index (χ1n) is 12.8. The molecule has 210 valence electrons. The molecule has 10 nitrogen and oxygen atoms in total. The van der Waals surface area contributed by atoms with Crippen LogP contribution in [0, 0.1) is 0 Å². The van der Waals surface area contributed by atoms with E-state index in [9.17, 15) is 21.6 Å². The van der Waals surface area contributed by atoms with Crippen molar-refractivity contribution in [2.45, 2.75) is 42.4 Å². The number of piperidine rings is 1. The number of hydrogen-bond acceptors (Lipinski definition) is 8. The number of ether oxygens (including phenoxy) is 1. The van der Waals surface area contributed by atoms with Crippen LogP contribution in [0.15, 0.2) is 41.3 Å². The van der Waals surface area contributed by atoms with Crippen molar-refractivity contribution in [1.82, 2.24) is 30.8 Å². The zero-order valence-electron chi connectivity index (χ0n) is 21.1. The molecule has 2 aliphatic rings. The molecule has 2 saturated heterocycles. The number of likely N-dealkylation sites (tertiary alicyclic amines) is 1. The van der Waals surface area contributed by atoms with Gasteiger partial charge in [0.2, 0.25) is 15.8 Å². The maximum atomic E-state index is 13.8. The van der Waals surface area contributed by atoms with Crippen molar-refractivity contribution in [2.24, 2.45) is 5.14 Å². The smallest absolute Gasteiger partial charge is 0.376 e. The Hall–Kier alpha value is -2.91. The Bertz CT molecular complexity index is 1370. The van der Waals surface area contributed by atoms with Crippen LogP contribution in [0.2, 0.25) is 0 Å². The number of aromatic amines is 1. The summed E-state index contributed by atoms with van der Waals surface area (Å²) < 4.78 is 71.9. The molecule has 0 saturated carbocycles. The molecule has 5 rings (SSSR count). The molecule has 0 radical (unpaired) electrons. The van der Waals surface area contributed by atoms with E-state index < -0.39 is 26.7 Å². The van der Waals surface area contributed by atoms with Gasteiger partial charge in [-0.15, -0.1) is 10.2 Å². The van der Waals surface area contributed by atoms with Crippen LogP contribution in [0.5, 0.6) is 0 Å². The van der Waals surface area contributed by atoms with E-state index in [2.05, 4.69) is 30.8 Å². The normalized spacial score (nSPS) is 19.8. The Morgan fingerprint density at radius 2 is 1.85 bits per heavy atom. The van der Waals surface area contributed by atoms with Crippen LogP contribution >= 0.6 is 0 Å². The van der Waals surface area contributed by atoms with E-state index in [1.54, 1.807) is 12.1 Å². The van der Waals surface area contributed by atoms with Crippen molar-refractivity contribution < 1.29 is 26.3 Å². The second-order valence-electron chi connectivity index (χ2n) is 9.87. The van der Waals surface area contributed by atoms with Gasteiger partial charge in [-0.1, -0.05) is 30.3 Å². The summed E-state index contributed by atoms with van der Waals surface area (Å²) in [6.07, 6.45) is -1.71. The number of H-pyrrole nitrogens is 1. The number of nitrogens with two attached hydrogens (primary N) is 1. The van der Waals surface area contributed by atoms with Crippen molar-refractivity contribution in [3.63, 3.8) is 0 Å². The van der Waals surface area contributed by atoms with Gasteiger partial charge in [0.25, 0.3) is 0 Å². The van der Waals surface area contributed by atoms with E-state index in [4.69, 9.17) is 9.88 Å². The highest BCUT2D eigenvalue weighted by atomic mass is 32.2. The van der Waals surface area contributed by atoms with Gasteiger partial charge in [0, 0.05) is 19.6 Å². The fourth-order valence-electron chi connectivity index (χ4n) is 5.39. The van der Waals surface area contributed by atoms with E-state index in [0.29, 0.717) is 11.5 Å². The quantitative estimate of drug-likeness (QED) is 0.398. The first-order chi connectivity index (χ1) is 18.6. The Kier molecular flexibility index (Phi) is 8.01. The lowest BCUT2D eigenvalue weighted by atomic mass is 9.87. The molecule has 0 spiro atoms. The molecule has 1 aromatic heterocycles. The number of halogens is 3. The number of aromatic nitrogens is 4. The summed E-state index contributed by atoms with van der Waals surface area (Å²) in [5.41, 5.74) is 0.102. The van der Waals surface area contributed by atoms with Gasteiger partial charge in [-0.2, -0.15) is 18.4 Å². The summed E-state index contributed by atoms with van der Waals surface area (Å²) in [6.45, 7) is 5.52. The number of nitrogens with zero attached hydrogens (tertiary/aromatic N) is 4. The monoisotopic (exact) mass is 565 g/mol. The second-order valence-corrected chi connectivity index (χ2v) is 11.4. The minimum atomic E-state index is -4.96. The van der Waals surface area contributed by atoms with E-state index in [1.807, 2.05) is 12.1 Å². The lowest BCUT2D eigenvalue weighted by molar-refractivity contribution is -0.139. The number of sulfonamides is 1. The van der Waals surface area contributed by atoms with Crippen LogP contribution in [-0.2, 0) is 20.9 Å². The zero-order valence-corrected chi connectivity index (χ0v) is 21.9. The van der Waals surface area contributed by atoms with Crippen LogP contribution in [0.25, 0.3) is 22.5 Å². The molecular formula is C25H30F3N7O3S. The maximum absolute atomic E-state index is 13.8. The standard InChI is InChI=1S/C25H30F3N7O3S/c26-25(27,28)21-6-5-20(22(23(21)39(29,36)37)24-31-33-34-32-24)18-3-1-16(2-4-18)17-7-11-35(12-8-17)13-9-19-15-30-10-14-38-19/h1-6,17,19,30H,7-15H2,(H2,29,36,37)(H,31,32,33,34)/t19-/m1/s1. The van der Waals surface area contributed by atoms with Gasteiger partial charge < -0.3 is 15.0 Å². The molecule has 0 unspecified atom stereocenters. The largest absolute Gasteiger partial charge is 0.417 e. The molecule has 39 heavy (non-hydrogen) atoms. The number of rotatable bonds is 7. The van der Waals surface area contributed by atoms with Crippen molar-refractivity contribution in [1.29, 1.82) is 0 Å². The molecule has 3 aromatic rings. The highest BCUT2D eigenvalue weighted by Gasteiger charge is 2.40. The molecule has 0 bridgehead atoms. The van der Waals surface area contributed by atoms with Gasteiger partial charge in [0.1, 0.15) is 4.90 Å². The van der Waals surface area contributed by atoms with Crippen molar-refractivity contribution in [3.8, 4) is 22.5 Å². The number of morpholine rings is 1. The molecule has 3 heterocycles. The summed E-state index contributed by atoms with van der Waals surface area (Å²) in [5.74, 6) is 0.0538. The van der Waals surface area contributed by atoms with Gasteiger partial charge >= 0.3 is 6.18 Å². The van der Waals surface area contributed by atoms with Gasteiger partial charge in [0.05, 0.1) is 23.8 Å². The van der Waals surface area contributed by atoms with E-state index in [0.717, 1.165) is 70.2 Å². The van der Waals surface area contributed by atoms with E-state index >= 15 is 0 Å². The molecule has 4 N–H and O–H groups in total. The predicted octanol–water partition coefficient (Wildman–Crippen LogP) is 2.76. The summed E-state index contributed by atoms with van der Waals surface area (Å²) in [7, 11) is -4.80. The number of hydrogen-bond donors (Lipinski definition) is 3. The van der Waals surface area contributed by atoms with E-state index in [-0.39, 0.29) is 23.1 Å².